The number of carbonyl (C=O) groups excluding carboxylic acids is 1. The Morgan fingerprint density at radius 1 is 0.929 bits per heavy atom. The van der Waals surface area contributed by atoms with E-state index in [9.17, 15) is 9.90 Å². The molecule has 1 aromatic heterocycles. The molecule has 4 nitrogen and oxygen atoms in total. The van der Waals surface area contributed by atoms with Crippen LogP contribution < -0.4 is 5.11 Å². The van der Waals surface area contributed by atoms with Crippen molar-refractivity contribution >= 4 is 39.2 Å². The lowest BCUT2D eigenvalue weighted by atomic mass is 9.78. The van der Waals surface area contributed by atoms with Gasteiger partial charge in [0.2, 0.25) is 5.69 Å². The smallest absolute Gasteiger partial charge is 0.213 e. The van der Waals surface area contributed by atoms with Crippen molar-refractivity contribution in [2.75, 3.05) is 7.05 Å². The molecule has 0 N–H and O–H groups in total. The number of Topliss-reactive ketones (excluding diaryl/α,β-unsaturated/α-hetero) is 1. The Morgan fingerprint density at radius 3 is 2.36 bits per heavy atom. The van der Waals surface area contributed by atoms with Gasteiger partial charge in [0, 0.05) is 53.3 Å². The summed E-state index contributed by atoms with van der Waals surface area (Å²) in [6.07, 6.45) is 0. The lowest BCUT2D eigenvalue weighted by molar-refractivity contribution is -0.401. The zero-order valence-corrected chi connectivity index (χ0v) is 16.3. The third-order valence-corrected chi connectivity index (χ3v) is 6.21. The number of ketones is 1. The second kappa shape index (κ2) is 5.55. The van der Waals surface area contributed by atoms with E-state index in [4.69, 9.17) is 0 Å². The van der Waals surface area contributed by atoms with Gasteiger partial charge in [-0.05, 0) is 19.1 Å². The van der Waals surface area contributed by atoms with Crippen LogP contribution in [-0.4, -0.2) is 27.7 Å². The number of para-hydroxylation sites is 2. The molecule has 0 amide bonds. The number of allylic oxidation sites excluding steroid dienone is 3. The molecule has 0 saturated carbocycles. The first-order chi connectivity index (χ1) is 13.4. The normalized spacial score (nSPS) is 18.9. The molecule has 0 bridgehead atoms. The maximum absolute atomic E-state index is 13.3. The molecule has 1 aliphatic carbocycles. The predicted octanol–water partition coefficient (Wildman–Crippen LogP) is 3.34. The van der Waals surface area contributed by atoms with E-state index in [0.717, 1.165) is 44.7 Å². The summed E-state index contributed by atoms with van der Waals surface area (Å²) in [7, 11) is 3.93. The summed E-state index contributed by atoms with van der Waals surface area (Å²) in [5, 5.41) is 14.2. The van der Waals surface area contributed by atoms with Gasteiger partial charge in [-0.2, -0.15) is 4.58 Å². The van der Waals surface area contributed by atoms with Crippen LogP contribution in [0.4, 0.5) is 5.69 Å². The number of hydrogen-bond acceptors (Lipinski definition) is 2. The minimum atomic E-state index is -0.149. The summed E-state index contributed by atoms with van der Waals surface area (Å²) < 4.78 is 4.08. The third kappa shape index (κ3) is 1.89. The van der Waals surface area contributed by atoms with Crippen LogP contribution in [0.2, 0.25) is 0 Å². The van der Waals surface area contributed by atoms with Crippen LogP contribution >= 0.6 is 0 Å². The Balaban J connectivity index is 1.79. The van der Waals surface area contributed by atoms with Crippen molar-refractivity contribution in [3.63, 3.8) is 0 Å². The van der Waals surface area contributed by atoms with Crippen LogP contribution in [0.25, 0.3) is 22.0 Å². The van der Waals surface area contributed by atoms with Crippen molar-refractivity contribution in [1.82, 2.24) is 4.57 Å². The van der Waals surface area contributed by atoms with Crippen molar-refractivity contribution < 1.29 is 14.5 Å². The average molecular weight is 368 g/mol. The fourth-order valence-electron chi connectivity index (χ4n) is 4.52. The van der Waals surface area contributed by atoms with Gasteiger partial charge < -0.3 is 9.67 Å². The Bertz CT molecular complexity index is 1320. The highest BCUT2D eigenvalue weighted by atomic mass is 16.3. The standard InChI is InChI=1S/C24H20N2O2/c1-13-19(15-9-5-7-11-17(15)25(13)3)21-23(27)22(24(21)28)20-14(2)26(4)18-12-8-6-10-16(18)20/h5-12H,1-4H3. The fraction of sp³-hybridized carbons (Fsp3) is 0.167. The molecule has 0 saturated heterocycles. The maximum atomic E-state index is 13.3. The summed E-state index contributed by atoms with van der Waals surface area (Å²) in [4.78, 5) is 13.3. The monoisotopic (exact) mass is 368 g/mol. The molecular weight excluding hydrogens is 348 g/mol. The van der Waals surface area contributed by atoms with Crippen LogP contribution in [0.3, 0.4) is 0 Å². The summed E-state index contributed by atoms with van der Waals surface area (Å²) in [6, 6.07) is 15.8. The molecule has 3 aromatic rings. The third-order valence-electron chi connectivity index (χ3n) is 6.21. The van der Waals surface area contributed by atoms with Gasteiger partial charge >= 0.3 is 0 Å². The topological polar surface area (TPSA) is 48.1 Å². The second-order valence-corrected chi connectivity index (χ2v) is 7.48. The Hall–Kier alpha value is -3.40. The first-order valence-corrected chi connectivity index (χ1v) is 9.35. The zero-order valence-electron chi connectivity index (χ0n) is 16.3. The van der Waals surface area contributed by atoms with Gasteiger partial charge in [-0.3, -0.25) is 4.79 Å². The van der Waals surface area contributed by atoms with Gasteiger partial charge in [-0.1, -0.05) is 36.1 Å². The summed E-state index contributed by atoms with van der Waals surface area (Å²) >= 11 is 0. The molecule has 0 fully saturated rings. The molecule has 2 heterocycles. The lowest BCUT2D eigenvalue weighted by Crippen LogP contribution is -2.31. The first-order valence-electron chi connectivity index (χ1n) is 9.35. The Kier molecular flexibility index (Phi) is 3.32. The van der Waals surface area contributed by atoms with E-state index in [1.165, 1.54) is 0 Å². The Labute approximate surface area is 163 Å². The summed E-state index contributed by atoms with van der Waals surface area (Å²) in [6.45, 7) is 3.92. The van der Waals surface area contributed by atoms with Crippen LogP contribution in [0.15, 0.2) is 59.9 Å². The molecule has 0 radical (unpaired) electrons. The molecule has 0 spiro atoms. The van der Waals surface area contributed by atoms with Crippen molar-refractivity contribution in [3.8, 4) is 0 Å². The highest BCUT2D eigenvalue weighted by Crippen LogP contribution is 2.46. The van der Waals surface area contributed by atoms with Gasteiger partial charge in [0.1, 0.15) is 7.05 Å². The first kappa shape index (κ1) is 16.8. The zero-order chi connectivity index (χ0) is 19.7. The highest BCUT2D eigenvalue weighted by Gasteiger charge is 2.40. The van der Waals surface area contributed by atoms with Gasteiger partial charge in [0.25, 0.3) is 0 Å². The van der Waals surface area contributed by atoms with E-state index in [2.05, 4.69) is 0 Å². The van der Waals surface area contributed by atoms with Gasteiger partial charge in [-0.25, -0.2) is 0 Å². The largest absolute Gasteiger partial charge is 0.871 e. The van der Waals surface area contributed by atoms with Crippen LogP contribution in [0, 0.1) is 6.92 Å². The number of rotatable bonds is 1. The average Bonchev–Trinajstić information content (AvgIpc) is 3.10. The van der Waals surface area contributed by atoms with Gasteiger partial charge in [0.05, 0.1) is 11.1 Å². The summed E-state index contributed by atoms with van der Waals surface area (Å²) in [5.41, 5.74) is 7.06. The quantitative estimate of drug-likeness (QED) is 0.489. The minimum Gasteiger partial charge on any atom is -0.871 e. The number of benzene rings is 2. The second-order valence-electron chi connectivity index (χ2n) is 7.48. The van der Waals surface area contributed by atoms with Crippen molar-refractivity contribution in [2.45, 2.75) is 13.8 Å². The van der Waals surface area contributed by atoms with Crippen LogP contribution in [-0.2, 0) is 11.8 Å². The van der Waals surface area contributed by atoms with Crippen LogP contribution in [0.1, 0.15) is 23.7 Å². The van der Waals surface area contributed by atoms with E-state index < -0.39 is 0 Å². The number of aryl methyl sites for hydroxylation is 1. The molecule has 4 heteroatoms. The van der Waals surface area contributed by atoms with E-state index in [1.54, 1.807) is 0 Å². The van der Waals surface area contributed by atoms with E-state index in [1.807, 2.05) is 85.6 Å². The van der Waals surface area contributed by atoms with Crippen molar-refractivity contribution in [2.24, 2.45) is 7.05 Å². The molecule has 5 rings (SSSR count). The van der Waals surface area contributed by atoms with E-state index >= 15 is 0 Å². The SMILES string of the molecule is CC1=[N+](C)c2ccccc2/C1=C1\C(=O)C(c2c(C)n(C)c3ccccc23)=C1[O-]. The Morgan fingerprint density at radius 2 is 1.61 bits per heavy atom. The number of carbonyl (C=O) groups is 1. The molecule has 2 aromatic carbocycles. The summed E-state index contributed by atoms with van der Waals surface area (Å²) in [5.74, 6) is -0.298. The highest BCUT2D eigenvalue weighted by molar-refractivity contribution is 6.46. The number of aromatic nitrogens is 1. The number of nitrogens with zero attached hydrogens (tertiary/aromatic N) is 2. The number of hydrogen-bond donors (Lipinski definition) is 0. The molecule has 1 aliphatic heterocycles. The molecule has 0 unspecified atom stereocenters. The van der Waals surface area contributed by atoms with Crippen molar-refractivity contribution in [1.29, 1.82) is 0 Å². The molecule has 2 aliphatic rings. The van der Waals surface area contributed by atoms with E-state index in [0.29, 0.717) is 11.1 Å². The predicted molar refractivity (Wildman–Crippen MR) is 109 cm³/mol. The van der Waals surface area contributed by atoms with Crippen molar-refractivity contribution in [3.05, 3.63) is 76.7 Å². The molecular formula is C24H20N2O2. The minimum absolute atomic E-state index is 0.149. The molecule has 28 heavy (non-hydrogen) atoms. The van der Waals surface area contributed by atoms with Crippen LogP contribution in [0.5, 0.6) is 0 Å². The van der Waals surface area contributed by atoms with Gasteiger partial charge in [-0.15, -0.1) is 0 Å². The van der Waals surface area contributed by atoms with E-state index in [-0.39, 0.29) is 11.5 Å². The maximum Gasteiger partial charge on any atom is 0.213 e. The molecule has 138 valence electrons. The molecule has 0 atom stereocenters. The number of fused-ring (bicyclic) bond motifs is 2. The fourth-order valence-corrected chi connectivity index (χ4v) is 4.52. The lowest BCUT2D eigenvalue weighted by Gasteiger charge is -2.32. The van der Waals surface area contributed by atoms with Gasteiger partial charge in [0.15, 0.2) is 11.5 Å².